The second-order valence-electron chi connectivity index (χ2n) is 5.85. The van der Waals surface area contributed by atoms with Crippen molar-refractivity contribution in [3.8, 4) is 0 Å². The van der Waals surface area contributed by atoms with E-state index in [-0.39, 0.29) is 34.7 Å². The fourth-order valence-electron chi connectivity index (χ4n) is 2.38. The zero-order valence-electron chi connectivity index (χ0n) is 15.9. The summed E-state index contributed by atoms with van der Waals surface area (Å²) in [6, 6.07) is 13.0. The Kier molecular flexibility index (Phi) is 10.4. The van der Waals surface area contributed by atoms with Gasteiger partial charge < -0.3 is 10.6 Å². The van der Waals surface area contributed by atoms with Gasteiger partial charge in [-0.25, -0.2) is 22.5 Å². The number of hydrogen-bond acceptors (Lipinski definition) is 3. The molecule has 0 atom stereocenters. The first-order valence-electron chi connectivity index (χ1n) is 8.73. The van der Waals surface area contributed by atoms with Crippen molar-refractivity contribution in [3.05, 3.63) is 65.5 Å². The Bertz CT molecular complexity index is 857. The maximum Gasteiger partial charge on any atom is 0.240 e. The predicted molar refractivity (Wildman–Crippen MR) is 121 cm³/mol. The minimum absolute atomic E-state index is 0. The summed E-state index contributed by atoms with van der Waals surface area (Å²) < 4.78 is 38.7. The summed E-state index contributed by atoms with van der Waals surface area (Å²) >= 11 is 0. The van der Waals surface area contributed by atoms with Crippen LogP contribution in [0.2, 0.25) is 0 Å². The normalized spacial score (nSPS) is 11.6. The van der Waals surface area contributed by atoms with Gasteiger partial charge in [0.15, 0.2) is 5.96 Å². The SMILES string of the molecule is CCNC(=NCc1ccc(S(=O)(=O)NC)cc1)NCCc1ccc(F)cc1.I. The predicted octanol–water partition coefficient (Wildman–Crippen LogP) is 2.65. The zero-order valence-corrected chi connectivity index (χ0v) is 19.1. The Morgan fingerprint density at radius 3 is 2.18 bits per heavy atom. The minimum Gasteiger partial charge on any atom is -0.357 e. The van der Waals surface area contributed by atoms with Crippen molar-refractivity contribution < 1.29 is 12.8 Å². The van der Waals surface area contributed by atoms with Crippen LogP contribution in [0.1, 0.15) is 18.1 Å². The van der Waals surface area contributed by atoms with Gasteiger partial charge in [0.1, 0.15) is 5.82 Å². The summed E-state index contributed by atoms with van der Waals surface area (Å²) in [5.74, 6) is 0.432. The lowest BCUT2D eigenvalue weighted by Crippen LogP contribution is -2.38. The van der Waals surface area contributed by atoms with Crippen molar-refractivity contribution in [1.29, 1.82) is 0 Å². The molecular formula is C19H26FIN4O2S. The lowest BCUT2D eigenvalue weighted by atomic mass is 10.1. The molecule has 0 bridgehead atoms. The van der Waals surface area contributed by atoms with Gasteiger partial charge in [0, 0.05) is 13.1 Å². The Labute approximate surface area is 183 Å². The Morgan fingerprint density at radius 1 is 1.00 bits per heavy atom. The van der Waals surface area contributed by atoms with Crippen LogP contribution in [0.5, 0.6) is 0 Å². The van der Waals surface area contributed by atoms with Crippen molar-refractivity contribution in [3.63, 3.8) is 0 Å². The number of benzene rings is 2. The second kappa shape index (κ2) is 12.0. The van der Waals surface area contributed by atoms with Crippen molar-refractivity contribution in [2.45, 2.75) is 24.8 Å². The third-order valence-electron chi connectivity index (χ3n) is 3.89. The number of hydrogen-bond donors (Lipinski definition) is 3. The van der Waals surface area contributed by atoms with E-state index in [2.05, 4.69) is 20.3 Å². The minimum atomic E-state index is -3.43. The van der Waals surface area contributed by atoms with E-state index in [1.54, 1.807) is 36.4 Å². The van der Waals surface area contributed by atoms with E-state index >= 15 is 0 Å². The van der Waals surface area contributed by atoms with E-state index in [0.29, 0.717) is 19.0 Å². The standard InChI is InChI=1S/C19H25FN4O2S.HI/c1-3-22-19(23-13-12-15-4-8-17(20)9-5-15)24-14-16-6-10-18(11-7-16)27(25,26)21-2;/h4-11,21H,3,12-14H2,1-2H3,(H2,22,23,24);1H. The van der Waals surface area contributed by atoms with Crippen LogP contribution >= 0.6 is 24.0 Å². The van der Waals surface area contributed by atoms with Crippen LogP contribution in [0.25, 0.3) is 0 Å². The Balaban J connectivity index is 0.00000392. The molecule has 6 nitrogen and oxygen atoms in total. The molecule has 0 spiro atoms. The van der Waals surface area contributed by atoms with Gasteiger partial charge in [-0.3, -0.25) is 0 Å². The van der Waals surface area contributed by atoms with Crippen LogP contribution in [0.4, 0.5) is 4.39 Å². The van der Waals surface area contributed by atoms with E-state index in [1.165, 1.54) is 19.2 Å². The average Bonchev–Trinajstić information content (AvgIpc) is 2.68. The van der Waals surface area contributed by atoms with Gasteiger partial charge in [-0.1, -0.05) is 24.3 Å². The Morgan fingerprint density at radius 2 is 1.61 bits per heavy atom. The molecule has 154 valence electrons. The van der Waals surface area contributed by atoms with Gasteiger partial charge >= 0.3 is 0 Å². The number of nitrogens with zero attached hydrogens (tertiary/aromatic N) is 1. The lowest BCUT2D eigenvalue weighted by molar-refractivity contribution is 0.588. The summed E-state index contributed by atoms with van der Waals surface area (Å²) in [7, 11) is -2.05. The topological polar surface area (TPSA) is 82.6 Å². The molecule has 0 aliphatic rings. The molecule has 3 N–H and O–H groups in total. The van der Waals surface area contributed by atoms with Crippen molar-refractivity contribution >= 4 is 40.0 Å². The van der Waals surface area contributed by atoms with E-state index in [1.807, 2.05) is 6.92 Å². The average molecular weight is 520 g/mol. The van der Waals surface area contributed by atoms with E-state index in [9.17, 15) is 12.8 Å². The van der Waals surface area contributed by atoms with Crippen LogP contribution in [-0.2, 0) is 23.0 Å². The van der Waals surface area contributed by atoms with Crippen LogP contribution in [0.3, 0.4) is 0 Å². The molecule has 0 saturated heterocycles. The number of rotatable bonds is 8. The zero-order chi connectivity index (χ0) is 19.7. The number of nitrogens with one attached hydrogen (secondary N) is 3. The molecule has 0 radical (unpaired) electrons. The maximum absolute atomic E-state index is 12.9. The first-order valence-corrected chi connectivity index (χ1v) is 10.2. The van der Waals surface area contributed by atoms with Gasteiger partial charge in [0.2, 0.25) is 10.0 Å². The largest absolute Gasteiger partial charge is 0.357 e. The first-order chi connectivity index (χ1) is 12.9. The highest BCUT2D eigenvalue weighted by molar-refractivity contribution is 14.0. The molecule has 0 aliphatic heterocycles. The van der Waals surface area contributed by atoms with Crippen LogP contribution in [0, 0.1) is 5.82 Å². The van der Waals surface area contributed by atoms with Crippen LogP contribution in [-0.4, -0.2) is 34.5 Å². The molecule has 0 fully saturated rings. The molecule has 28 heavy (non-hydrogen) atoms. The number of aliphatic imine (C=N–C) groups is 1. The first kappa shape index (κ1) is 24.3. The summed E-state index contributed by atoms with van der Waals surface area (Å²) in [6.07, 6.45) is 0.751. The van der Waals surface area contributed by atoms with Crippen LogP contribution < -0.4 is 15.4 Å². The number of sulfonamides is 1. The molecule has 2 aromatic rings. The summed E-state index contributed by atoms with van der Waals surface area (Å²) in [5, 5.41) is 6.40. The maximum atomic E-state index is 12.9. The summed E-state index contributed by atoms with van der Waals surface area (Å²) in [5.41, 5.74) is 1.95. The van der Waals surface area contributed by atoms with Crippen molar-refractivity contribution in [2.24, 2.45) is 4.99 Å². The highest BCUT2D eigenvalue weighted by atomic mass is 127. The fourth-order valence-corrected chi connectivity index (χ4v) is 3.11. The molecule has 0 unspecified atom stereocenters. The molecule has 9 heteroatoms. The van der Waals surface area contributed by atoms with Crippen molar-refractivity contribution in [2.75, 3.05) is 20.1 Å². The molecule has 0 aromatic heterocycles. The highest BCUT2D eigenvalue weighted by Crippen LogP contribution is 2.10. The molecule has 0 saturated carbocycles. The molecular weight excluding hydrogens is 494 g/mol. The molecule has 0 aliphatic carbocycles. The Hall–Kier alpha value is -1.72. The van der Waals surface area contributed by atoms with Gasteiger partial charge in [-0.15, -0.1) is 24.0 Å². The molecule has 2 aromatic carbocycles. The number of guanidine groups is 1. The quantitative estimate of drug-likeness (QED) is 0.284. The van der Waals surface area contributed by atoms with E-state index in [4.69, 9.17) is 0 Å². The van der Waals surface area contributed by atoms with E-state index < -0.39 is 10.0 Å². The highest BCUT2D eigenvalue weighted by Gasteiger charge is 2.10. The molecule has 2 rings (SSSR count). The summed E-state index contributed by atoms with van der Waals surface area (Å²) in [6.45, 7) is 3.79. The van der Waals surface area contributed by atoms with Gasteiger partial charge in [-0.2, -0.15) is 0 Å². The van der Waals surface area contributed by atoms with Crippen LogP contribution in [0.15, 0.2) is 58.4 Å². The summed E-state index contributed by atoms with van der Waals surface area (Å²) in [4.78, 5) is 4.73. The smallest absolute Gasteiger partial charge is 0.240 e. The second-order valence-corrected chi connectivity index (χ2v) is 7.74. The number of halogens is 2. The lowest BCUT2D eigenvalue weighted by Gasteiger charge is -2.11. The fraction of sp³-hybridized carbons (Fsp3) is 0.316. The van der Waals surface area contributed by atoms with Gasteiger partial charge in [0.05, 0.1) is 11.4 Å². The van der Waals surface area contributed by atoms with Gasteiger partial charge in [0.25, 0.3) is 0 Å². The third-order valence-corrected chi connectivity index (χ3v) is 5.32. The molecule has 0 heterocycles. The third kappa shape index (κ3) is 7.72. The van der Waals surface area contributed by atoms with Gasteiger partial charge in [-0.05, 0) is 55.8 Å². The van der Waals surface area contributed by atoms with Crippen molar-refractivity contribution in [1.82, 2.24) is 15.4 Å². The molecule has 0 amide bonds. The van der Waals surface area contributed by atoms with E-state index in [0.717, 1.165) is 24.1 Å². The monoisotopic (exact) mass is 520 g/mol.